The zero-order valence-corrected chi connectivity index (χ0v) is 18.3. The molecular formula is C21H22ClN3O4S. The number of halogens is 1. The van der Waals surface area contributed by atoms with Crippen molar-refractivity contribution in [3.8, 4) is 17.2 Å². The summed E-state index contributed by atoms with van der Waals surface area (Å²) in [7, 11) is -2.35. The molecular weight excluding hydrogens is 426 g/mol. The number of methoxy groups -OCH3 is 1. The van der Waals surface area contributed by atoms with Crippen LogP contribution in [0.25, 0.3) is 11.5 Å². The molecule has 9 heteroatoms. The van der Waals surface area contributed by atoms with Crippen LogP contribution in [0.3, 0.4) is 0 Å². The number of aromatic nitrogens is 2. The van der Waals surface area contributed by atoms with Crippen LogP contribution in [0.5, 0.6) is 5.75 Å². The Hall–Kier alpha value is -2.42. The summed E-state index contributed by atoms with van der Waals surface area (Å²) in [6.07, 6.45) is 1.46. The third-order valence-corrected chi connectivity index (χ3v) is 7.34. The first-order valence-corrected chi connectivity index (χ1v) is 11.4. The fraction of sp³-hybridized carbons (Fsp3) is 0.333. The summed E-state index contributed by atoms with van der Waals surface area (Å²) in [5.41, 5.74) is 1.98. The van der Waals surface area contributed by atoms with Crippen LogP contribution in [0.1, 0.15) is 30.2 Å². The Labute approximate surface area is 180 Å². The molecule has 0 N–H and O–H groups in total. The summed E-state index contributed by atoms with van der Waals surface area (Å²) >= 11 is 6.04. The maximum atomic E-state index is 13.3. The molecule has 7 nitrogen and oxygen atoms in total. The average molecular weight is 448 g/mol. The van der Waals surface area contributed by atoms with E-state index in [4.69, 9.17) is 20.8 Å². The van der Waals surface area contributed by atoms with Gasteiger partial charge in [-0.15, -0.1) is 10.2 Å². The van der Waals surface area contributed by atoms with Crippen molar-refractivity contribution >= 4 is 21.6 Å². The highest BCUT2D eigenvalue weighted by atomic mass is 35.5. The van der Waals surface area contributed by atoms with E-state index in [1.807, 2.05) is 31.2 Å². The Balaban J connectivity index is 1.58. The largest absolute Gasteiger partial charge is 0.495 e. The number of piperidine rings is 1. The lowest BCUT2D eigenvalue weighted by molar-refractivity contribution is 0.285. The quantitative estimate of drug-likeness (QED) is 0.580. The van der Waals surface area contributed by atoms with Crippen LogP contribution in [0.4, 0.5) is 0 Å². The molecule has 2 heterocycles. The van der Waals surface area contributed by atoms with Crippen LogP contribution < -0.4 is 4.74 Å². The number of hydrogen-bond donors (Lipinski definition) is 0. The Kier molecular flexibility index (Phi) is 5.81. The molecule has 0 bridgehead atoms. The number of ether oxygens (including phenoxy) is 1. The highest BCUT2D eigenvalue weighted by Gasteiger charge is 2.35. The zero-order chi connectivity index (χ0) is 21.3. The van der Waals surface area contributed by atoms with Crippen molar-refractivity contribution in [2.24, 2.45) is 0 Å². The fourth-order valence-electron chi connectivity index (χ4n) is 3.57. The minimum atomic E-state index is -3.78. The van der Waals surface area contributed by atoms with Gasteiger partial charge in [-0.05, 0) is 50.1 Å². The van der Waals surface area contributed by atoms with Gasteiger partial charge in [0.1, 0.15) is 10.6 Å². The molecule has 0 aliphatic carbocycles. The second-order valence-corrected chi connectivity index (χ2v) is 9.65. The van der Waals surface area contributed by atoms with E-state index in [0.717, 1.165) is 17.5 Å². The minimum absolute atomic E-state index is 0.0593. The van der Waals surface area contributed by atoms with Crippen molar-refractivity contribution < 1.29 is 17.6 Å². The fourth-order valence-corrected chi connectivity index (χ4v) is 5.51. The van der Waals surface area contributed by atoms with Crippen LogP contribution in [0.2, 0.25) is 5.02 Å². The van der Waals surface area contributed by atoms with E-state index >= 15 is 0 Å². The standard InChI is InChI=1S/C21H22ClN3O4S/c1-14-5-7-15(8-6-14)20-23-24-21(29-20)16-4-3-11-25(13-16)30(26,27)19-12-17(22)9-10-18(19)28-2/h5-10,12,16H,3-4,11,13H2,1-2H3/t16-/m0/s1. The number of hydrogen-bond acceptors (Lipinski definition) is 6. The SMILES string of the molecule is COc1ccc(Cl)cc1S(=O)(=O)N1CCC[C@H](c2nnc(-c3ccc(C)cc3)o2)C1. The van der Waals surface area contributed by atoms with Crippen LogP contribution >= 0.6 is 11.6 Å². The molecule has 0 spiro atoms. The van der Waals surface area contributed by atoms with Gasteiger partial charge >= 0.3 is 0 Å². The third kappa shape index (κ3) is 4.08. The molecule has 0 unspecified atom stereocenters. The Bertz CT molecular complexity index is 1150. The number of nitrogens with zero attached hydrogens (tertiary/aromatic N) is 3. The van der Waals surface area contributed by atoms with Gasteiger partial charge in [0.25, 0.3) is 0 Å². The Morgan fingerprint density at radius 1 is 1.17 bits per heavy atom. The van der Waals surface area contributed by atoms with Crippen molar-refractivity contribution in [1.82, 2.24) is 14.5 Å². The lowest BCUT2D eigenvalue weighted by Crippen LogP contribution is -2.39. The lowest BCUT2D eigenvalue weighted by Gasteiger charge is -2.30. The minimum Gasteiger partial charge on any atom is -0.495 e. The van der Waals surface area contributed by atoms with Gasteiger partial charge in [0.05, 0.1) is 13.0 Å². The topological polar surface area (TPSA) is 85.5 Å². The number of sulfonamides is 1. The molecule has 4 rings (SSSR count). The predicted molar refractivity (Wildman–Crippen MR) is 113 cm³/mol. The number of aryl methyl sites for hydroxylation is 1. The average Bonchev–Trinajstić information content (AvgIpc) is 3.24. The van der Waals surface area contributed by atoms with Crippen molar-refractivity contribution in [3.63, 3.8) is 0 Å². The predicted octanol–water partition coefficient (Wildman–Crippen LogP) is 4.28. The maximum Gasteiger partial charge on any atom is 0.247 e. The monoisotopic (exact) mass is 447 g/mol. The van der Waals surface area contributed by atoms with Gasteiger partial charge in [-0.2, -0.15) is 4.31 Å². The smallest absolute Gasteiger partial charge is 0.247 e. The van der Waals surface area contributed by atoms with Crippen LogP contribution in [0.15, 0.2) is 51.8 Å². The number of rotatable bonds is 5. The molecule has 1 fully saturated rings. The van der Waals surface area contributed by atoms with E-state index < -0.39 is 10.0 Å². The molecule has 3 aromatic rings. The second-order valence-electron chi connectivity index (χ2n) is 7.31. The van der Waals surface area contributed by atoms with Gasteiger partial charge in [0.2, 0.25) is 21.8 Å². The van der Waals surface area contributed by atoms with Gasteiger partial charge in [0.15, 0.2) is 0 Å². The first kappa shape index (κ1) is 20.8. The van der Waals surface area contributed by atoms with Crippen molar-refractivity contribution in [2.75, 3.05) is 20.2 Å². The van der Waals surface area contributed by atoms with Gasteiger partial charge in [-0.3, -0.25) is 0 Å². The van der Waals surface area contributed by atoms with Crippen LogP contribution in [-0.4, -0.2) is 43.1 Å². The Morgan fingerprint density at radius 3 is 2.67 bits per heavy atom. The second kappa shape index (κ2) is 8.37. The molecule has 2 aromatic carbocycles. The maximum absolute atomic E-state index is 13.3. The summed E-state index contributed by atoms with van der Waals surface area (Å²) in [4.78, 5) is 0.0593. The summed E-state index contributed by atoms with van der Waals surface area (Å²) in [5.74, 6) is 0.969. The summed E-state index contributed by atoms with van der Waals surface area (Å²) in [6.45, 7) is 2.68. The first-order chi connectivity index (χ1) is 14.4. The number of benzene rings is 2. The van der Waals surface area contributed by atoms with Crippen molar-refractivity contribution in [3.05, 3.63) is 58.9 Å². The molecule has 0 radical (unpaired) electrons. The molecule has 30 heavy (non-hydrogen) atoms. The molecule has 158 valence electrons. The lowest BCUT2D eigenvalue weighted by atomic mass is 10.00. The van der Waals surface area contributed by atoms with E-state index in [9.17, 15) is 8.42 Å². The first-order valence-electron chi connectivity index (χ1n) is 9.62. The third-order valence-electron chi connectivity index (χ3n) is 5.22. The van der Waals surface area contributed by atoms with E-state index in [1.165, 1.54) is 17.5 Å². The van der Waals surface area contributed by atoms with Crippen LogP contribution in [0, 0.1) is 6.92 Å². The van der Waals surface area contributed by atoms with Gasteiger partial charge < -0.3 is 9.15 Å². The van der Waals surface area contributed by atoms with Gasteiger partial charge in [0, 0.05) is 23.7 Å². The Morgan fingerprint density at radius 2 is 1.93 bits per heavy atom. The summed E-state index contributed by atoms with van der Waals surface area (Å²) in [5, 5.41) is 8.68. The summed E-state index contributed by atoms with van der Waals surface area (Å²) in [6, 6.07) is 12.4. The van der Waals surface area contributed by atoms with Crippen molar-refractivity contribution in [1.29, 1.82) is 0 Å². The normalized spacial score (nSPS) is 17.8. The molecule has 0 saturated carbocycles. The molecule has 1 atom stereocenters. The van der Waals surface area contributed by atoms with E-state index in [-0.39, 0.29) is 23.1 Å². The highest BCUT2D eigenvalue weighted by molar-refractivity contribution is 7.89. The summed E-state index contributed by atoms with van der Waals surface area (Å²) < 4.78 is 39.1. The molecule has 1 aliphatic heterocycles. The van der Waals surface area contributed by atoms with E-state index in [1.54, 1.807) is 12.1 Å². The highest BCUT2D eigenvalue weighted by Crippen LogP contribution is 2.34. The van der Waals surface area contributed by atoms with Crippen molar-refractivity contribution in [2.45, 2.75) is 30.6 Å². The molecule has 1 saturated heterocycles. The van der Waals surface area contributed by atoms with E-state index in [2.05, 4.69) is 10.2 Å². The van der Waals surface area contributed by atoms with Crippen LogP contribution in [-0.2, 0) is 10.0 Å². The molecule has 0 amide bonds. The molecule has 1 aliphatic rings. The zero-order valence-electron chi connectivity index (χ0n) is 16.7. The molecule has 1 aromatic heterocycles. The van der Waals surface area contributed by atoms with E-state index in [0.29, 0.717) is 29.8 Å². The van der Waals surface area contributed by atoms with Gasteiger partial charge in [-0.25, -0.2) is 8.42 Å². The van der Waals surface area contributed by atoms with Gasteiger partial charge in [-0.1, -0.05) is 29.3 Å².